The zero-order valence-corrected chi connectivity index (χ0v) is 26.7. The van der Waals surface area contributed by atoms with Crippen LogP contribution in [0, 0.1) is 28.6 Å². The molecule has 7 rings (SSSR count). The molecule has 1 aliphatic heterocycles. The quantitative estimate of drug-likeness (QED) is 0.271. The number of hydrogen-bond acceptors (Lipinski definition) is 6. The molecule has 1 aromatic heterocycles. The Labute approximate surface area is 262 Å². The monoisotopic (exact) mass is 598 g/mol. The average Bonchev–Trinajstić information content (AvgIpc) is 3.32. The Morgan fingerprint density at radius 3 is 2.55 bits per heavy atom. The number of allylic oxidation sites excluding steroid dienone is 2. The maximum absolute atomic E-state index is 12.5. The van der Waals surface area contributed by atoms with E-state index in [9.17, 15) is 9.90 Å². The molecule has 0 spiro atoms. The SMILES string of the molecule is C[C@]12CCC(=NOCCN3CCC(Cc4ccccc4)CC3)C=C1CCC1C2CC[C@]2(C)[C@@H](c3ccc(=O)oc3)CC[C@]12O. The highest BCUT2D eigenvalue weighted by Gasteiger charge is 2.66. The third-order valence-corrected chi connectivity index (χ3v) is 13.0. The smallest absolute Gasteiger partial charge is 0.335 e. The largest absolute Gasteiger partial charge is 0.431 e. The molecule has 4 fully saturated rings. The number of rotatable bonds is 7. The molecule has 1 aromatic carbocycles. The summed E-state index contributed by atoms with van der Waals surface area (Å²) in [5.74, 6) is 1.80. The molecule has 3 saturated carbocycles. The van der Waals surface area contributed by atoms with Crippen molar-refractivity contribution in [1.82, 2.24) is 4.90 Å². The van der Waals surface area contributed by atoms with Gasteiger partial charge in [0.15, 0.2) is 0 Å². The van der Waals surface area contributed by atoms with Crippen LogP contribution in [-0.2, 0) is 11.3 Å². The molecule has 6 atom stereocenters. The first kappa shape index (κ1) is 30.0. The lowest BCUT2D eigenvalue weighted by molar-refractivity contribution is -0.176. The number of likely N-dealkylation sites (tertiary alicyclic amines) is 1. The molecule has 1 saturated heterocycles. The molecular weight excluding hydrogens is 548 g/mol. The van der Waals surface area contributed by atoms with Crippen molar-refractivity contribution in [1.29, 1.82) is 0 Å². The fourth-order valence-corrected chi connectivity index (χ4v) is 10.4. The third-order valence-electron chi connectivity index (χ3n) is 13.0. The highest BCUT2D eigenvalue weighted by molar-refractivity contribution is 5.96. The van der Waals surface area contributed by atoms with Crippen molar-refractivity contribution in [2.45, 2.75) is 96.0 Å². The second-order valence-electron chi connectivity index (χ2n) is 15.1. The topological polar surface area (TPSA) is 75.3 Å². The van der Waals surface area contributed by atoms with Gasteiger partial charge in [0.25, 0.3) is 0 Å². The van der Waals surface area contributed by atoms with Crippen LogP contribution in [0.3, 0.4) is 0 Å². The van der Waals surface area contributed by atoms with Crippen LogP contribution in [-0.4, -0.2) is 47.6 Å². The van der Waals surface area contributed by atoms with E-state index in [4.69, 9.17) is 9.25 Å². The molecule has 44 heavy (non-hydrogen) atoms. The summed E-state index contributed by atoms with van der Waals surface area (Å²) in [6.07, 6.45) is 15.7. The average molecular weight is 599 g/mol. The number of nitrogens with zero attached hydrogens (tertiary/aromatic N) is 2. The standard InChI is InChI=1S/C38H50N2O4/c1-36-17-12-31(39-44-23-22-40-20-15-28(16-21-40)24-27-6-4-3-5-7-27)25-30(36)9-10-34-33(36)13-18-37(2)32(14-19-38(34,37)42)29-8-11-35(41)43-26-29/h3-8,11,25-26,28,32-34,42H,9-10,12-24H2,1-2H3/t32-,33?,34?,36+,37-,38+/m1/s1. The van der Waals surface area contributed by atoms with Gasteiger partial charge in [0.05, 0.1) is 17.6 Å². The van der Waals surface area contributed by atoms with Gasteiger partial charge in [-0.15, -0.1) is 0 Å². The van der Waals surface area contributed by atoms with Crippen LogP contribution in [0.5, 0.6) is 0 Å². The van der Waals surface area contributed by atoms with Gasteiger partial charge >= 0.3 is 5.63 Å². The van der Waals surface area contributed by atoms with Gasteiger partial charge in [-0.25, -0.2) is 4.79 Å². The first-order valence-corrected chi connectivity index (χ1v) is 17.3. The summed E-state index contributed by atoms with van der Waals surface area (Å²) in [5.41, 5.74) is 4.05. The molecule has 2 heterocycles. The van der Waals surface area contributed by atoms with Gasteiger partial charge in [-0.05, 0) is 136 Å². The van der Waals surface area contributed by atoms with E-state index in [2.05, 4.69) is 60.3 Å². The van der Waals surface area contributed by atoms with Gasteiger partial charge in [-0.2, -0.15) is 0 Å². The van der Waals surface area contributed by atoms with Crippen molar-refractivity contribution in [3.63, 3.8) is 0 Å². The van der Waals surface area contributed by atoms with Crippen LogP contribution < -0.4 is 5.63 Å². The number of hydrogen-bond donors (Lipinski definition) is 1. The number of benzene rings is 1. The Morgan fingerprint density at radius 2 is 1.77 bits per heavy atom. The van der Waals surface area contributed by atoms with Crippen molar-refractivity contribution in [3.8, 4) is 0 Å². The molecule has 6 nitrogen and oxygen atoms in total. The Kier molecular flexibility index (Phi) is 8.11. The first-order chi connectivity index (χ1) is 21.3. The number of oxime groups is 1. The van der Waals surface area contributed by atoms with Crippen molar-refractivity contribution < 1.29 is 14.4 Å². The van der Waals surface area contributed by atoms with Gasteiger partial charge in [0.2, 0.25) is 0 Å². The predicted molar refractivity (Wildman–Crippen MR) is 174 cm³/mol. The molecular formula is C38H50N2O4. The van der Waals surface area contributed by atoms with E-state index in [1.54, 1.807) is 6.26 Å². The fourth-order valence-electron chi connectivity index (χ4n) is 10.4. The maximum Gasteiger partial charge on any atom is 0.335 e. The van der Waals surface area contributed by atoms with Crippen molar-refractivity contribution in [2.24, 2.45) is 33.7 Å². The van der Waals surface area contributed by atoms with Gasteiger partial charge < -0.3 is 14.4 Å². The lowest BCUT2D eigenvalue weighted by atomic mass is 9.45. The number of aliphatic hydroxyl groups is 1. The molecule has 4 aliphatic carbocycles. The van der Waals surface area contributed by atoms with E-state index in [-0.39, 0.29) is 22.4 Å². The molecule has 5 aliphatic rings. The van der Waals surface area contributed by atoms with Gasteiger partial charge in [-0.1, -0.05) is 54.9 Å². The zero-order valence-electron chi connectivity index (χ0n) is 26.7. The molecule has 1 N–H and O–H groups in total. The minimum atomic E-state index is -0.682. The number of fused-ring (bicyclic) bond motifs is 5. The second kappa shape index (κ2) is 11.9. The normalized spacial score (nSPS) is 36.8. The summed E-state index contributed by atoms with van der Waals surface area (Å²) in [4.78, 5) is 20.0. The van der Waals surface area contributed by atoms with Crippen LogP contribution in [0.15, 0.2) is 74.7 Å². The minimum absolute atomic E-state index is 0.112. The van der Waals surface area contributed by atoms with Crippen LogP contribution in [0.4, 0.5) is 0 Å². The molecule has 2 unspecified atom stereocenters. The van der Waals surface area contributed by atoms with Crippen LogP contribution in [0.25, 0.3) is 0 Å². The Bertz CT molecular complexity index is 1420. The van der Waals surface area contributed by atoms with E-state index in [1.165, 1.54) is 36.5 Å². The maximum atomic E-state index is 12.5. The minimum Gasteiger partial charge on any atom is -0.431 e. The fraction of sp³-hybridized carbons (Fsp3) is 0.632. The Hall–Kier alpha value is -2.70. The highest BCUT2D eigenvalue weighted by atomic mass is 16.6. The molecule has 2 aromatic rings. The molecule has 0 amide bonds. The molecule has 0 bridgehead atoms. The molecule has 0 radical (unpaired) electrons. The summed E-state index contributed by atoms with van der Waals surface area (Å²) < 4.78 is 5.25. The third kappa shape index (κ3) is 5.30. The van der Waals surface area contributed by atoms with E-state index in [0.717, 1.165) is 88.2 Å². The lowest BCUT2D eigenvalue weighted by Crippen LogP contribution is -2.60. The summed E-state index contributed by atoms with van der Waals surface area (Å²) in [6.45, 7) is 8.65. The van der Waals surface area contributed by atoms with E-state index in [0.29, 0.717) is 18.4 Å². The summed E-state index contributed by atoms with van der Waals surface area (Å²) in [5, 5.41) is 17.1. The summed E-state index contributed by atoms with van der Waals surface area (Å²) in [6, 6.07) is 14.3. The molecule has 6 heteroatoms. The second-order valence-corrected chi connectivity index (χ2v) is 15.1. The van der Waals surface area contributed by atoms with Gasteiger partial charge in [-0.3, -0.25) is 4.90 Å². The van der Waals surface area contributed by atoms with Gasteiger partial charge in [0, 0.05) is 18.0 Å². The summed E-state index contributed by atoms with van der Waals surface area (Å²) >= 11 is 0. The van der Waals surface area contributed by atoms with Crippen molar-refractivity contribution in [2.75, 3.05) is 26.2 Å². The van der Waals surface area contributed by atoms with Crippen LogP contribution in [0.2, 0.25) is 0 Å². The lowest BCUT2D eigenvalue weighted by Gasteiger charge is -2.61. The van der Waals surface area contributed by atoms with Crippen molar-refractivity contribution >= 4 is 5.71 Å². The van der Waals surface area contributed by atoms with E-state index >= 15 is 0 Å². The zero-order chi connectivity index (χ0) is 30.4. The van der Waals surface area contributed by atoms with Gasteiger partial charge in [0.1, 0.15) is 6.61 Å². The van der Waals surface area contributed by atoms with Crippen LogP contribution in [0.1, 0.15) is 95.1 Å². The van der Waals surface area contributed by atoms with Crippen LogP contribution >= 0.6 is 0 Å². The van der Waals surface area contributed by atoms with Crippen molar-refractivity contribution in [3.05, 3.63) is 81.9 Å². The summed E-state index contributed by atoms with van der Waals surface area (Å²) in [7, 11) is 0. The first-order valence-electron chi connectivity index (χ1n) is 17.3. The predicted octanol–water partition coefficient (Wildman–Crippen LogP) is 7.13. The van der Waals surface area contributed by atoms with E-state index < -0.39 is 5.60 Å². The Balaban J connectivity index is 0.941. The number of piperidine rings is 1. The Morgan fingerprint density at radius 1 is 0.955 bits per heavy atom. The molecule has 236 valence electrons. The van der Waals surface area contributed by atoms with E-state index in [1.807, 2.05) is 6.07 Å². The highest BCUT2D eigenvalue weighted by Crippen LogP contribution is 2.70.